The number of fused-ring (bicyclic) bond motifs is 1. The van der Waals surface area contributed by atoms with Gasteiger partial charge in [0.05, 0.1) is 5.69 Å². The fourth-order valence-corrected chi connectivity index (χ4v) is 3.04. The minimum Gasteiger partial charge on any atom is -0.370 e. The van der Waals surface area contributed by atoms with Crippen molar-refractivity contribution in [2.45, 2.75) is 18.7 Å². The number of nitrogens with one attached hydrogen (secondary N) is 1. The summed E-state index contributed by atoms with van der Waals surface area (Å²) in [6.07, 6.45) is 0. The molecule has 1 aromatic rings. The molecule has 1 aliphatic heterocycles. The van der Waals surface area contributed by atoms with Gasteiger partial charge in [0.1, 0.15) is 0 Å². The van der Waals surface area contributed by atoms with Crippen LogP contribution in [-0.2, 0) is 0 Å². The van der Waals surface area contributed by atoms with Crippen LogP contribution >= 0.6 is 11.8 Å². The lowest BCUT2D eigenvalue weighted by atomic mass is 10.1. The van der Waals surface area contributed by atoms with Gasteiger partial charge in [-0.2, -0.15) is 0 Å². The van der Waals surface area contributed by atoms with Crippen molar-refractivity contribution < 1.29 is 4.79 Å². The number of rotatable bonds is 3. The summed E-state index contributed by atoms with van der Waals surface area (Å²) in [6, 6.07) is 5.98. The monoisotopic (exact) mass is 250 g/mol. The lowest BCUT2D eigenvalue weighted by molar-refractivity contribution is 0.0956. The number of hydrogen-bond acceptors (Lipinski definition) is 3. The lowest BCUT2D eigenvalue weighted by Gasteiger charge is -2.30. The maximum atomic E-state index is 11.8. The van der Waals surface area contributed by atoms with Gasteiger partial charge in [-0.1, -0.05) is 0 Å². The molecular formula is C13H18N2OS. The van der Waals surface area contributed by atoms with E-state index in [9.17, 15) is 4.79 Å². The molecule has 1 aliphatic rings. The molecule has 3 nitrogen and oxygen atoms in total. The summed E-state index contributed by atoms with van der Waals surface area (Å²) in [5.74, 6) is 1.14. The van der Waals surface area contributed by atoms with E-state index in [1.54, 1.807) is 0 Å². The minimum atomic E-state index is 0.0157. The first kappa shape index (κ1) is 12.3. The summed E-state index contributed by atoms with van der Waals surface area (Å²) in [6.45, 7) is 6.81. The van der Waals surface area contributed by atoms with Gasteiger partial charge < -0.3 is 10.2 Å². The molecule has 0 aliphatic carbocycles. The highest BCUT2D eigenvalue weighted by molar-refractivity contribution is 7.99. The Balaban J connectivity index is 2.30. The first-order valence-electron chi connectivity index (χ1n) is 6.06. The first-order valence-corrected chi connectivity index (χ1v) is 7.04. The molecule has 1 N–H and O–H groups in total. The predicted octanol–water partition coefficient (Wildman–Crippen LogP) is 2.37. The van der Waals surface area contributed by atoms with E-state index in [4.69, 9.17) is 0 Å². The Morgan fingerprint density at radius 3 is 3.00 bits per heavy atom. The number of hydrogen-bond donors (Lipinski definition) is 1. The van der Waals surface area contributed by atoms with E-state index in [1.807, 2.05) is 30.8 Å². The molecule has 0 spiro atoms. The molecule has 92 valence electrons. The van der Waals surface area contributed by atoms with Gasteiger partial charge in [0.2, 0.25) is 0 Å². The van der Waals surface area contributed by atoms with Crippen molar-refractivity contribution in [1.29, 1.82) is 0 Å². The Kier molecular flexibility index (Phi) is 3.94. The van der Waals surface area contributed by atoms with Crippen molar-refractivity contribution in [3.05, 3.63) is 23.8 Å². The van der Waals surface area contributed by atoms with Crippen LogP contribution in [0.15, 0.2) is 23.1 Å². The molecule has 0 saturated heterocycles. The quantitative estimate of drug-likeness (QED) is 0.894. The SMILES string of the molecule is CCNC(=O)c1ccc2c(c1)N(CC)CCS2. The standard InChI is InChI=1S/C13H18N2OS/c1-3-14-13(16)10-5-6-12-11(9-10)15(4-2)7-8-17-12/h5-6,9H,3-4,7-8H2,1-2H3,(H,14,16). The van der Waals surface area contributed by atoms with Gasteiger partial charge in [-0.05, 0) is 32.0 Å². The number of carbonyl (C=O) groups excluding carboxylic acids is 1. The maximum absolute atomic E-state index is 11.8. The van der Waals surface area contributed by atoms with E-state index in [-0.39, 0.29) is 5.91 Å². The van der Waals surface area contributed by atoms with Crippen LogP contribution in [0.3, 0.4) is 0 Å². The number of thioether (sulfide) groups is 1. The second-order valence-corrected chi connectivity index (χ2v) is 5.11. The molecule has 1 aromatic carbocycles. The zero-order chi connectivity index (χ0) is 12.3. The van der Waals surface area contributed by atoms with Crippen molar-refractivity contribution in [1.82, 2.24) is 5.32 Å². The summed E-state index contributed by atoms with van der Waals surface area (Å²) >= 11 is 1.87. The molecule has 0 fully saturated rings. The average Bonchev–Trinajstić information content (AvgIpc) is 2.37. The molecule has 0 unspecified atom stereocenters. The highest BCUT2D eigenvalue weighted by Gasteiger charge is 2.17. The smallest absolute Gasteiger partial charge is 0.251 e. The van der Waals surface area contributed by atoms with Gasteiger partial charge in [0, 0.05) is 35.8 Å². The second kappa shape index (κ2) is 5.45. The number of anilines is 1. The van der Waals surface area contributed by atoms with E-state index >= 15 is 0 Å². The largest absolute Gasteiger partial charge is 0.370 e. The Bertz CT molecular complexity index is 420. The zero-order valence-corrected chi connectivity index (χ0v) is 11.1. The molecule has 1 heterocycles. The Hall–Kier alpha value is -1.16. The predicted molar refractivity (Wildman–Crippen MR) is 73.1 cm³/mol. The van der Waals surface area contributed by atoms with Crippen LogP contribution in [0.25, 0.3) is 0 Å². The number of nitrogens with zero attached hydrogens (tertiary/aromatic N) is 1. The molecule has 4 heteroatoms. The lowest BCUT2D eigenvalue weighted by Crippen LogP contribution is -2.29. The Morgan fingerprint density at radius 1 is 1.47 bits per heavy atom. The average molecular weight is 250 g/mol. The van der Waals surface area contributed by atoms with Crippen molar-refractivity contribution in [2.24, 2.45) is 0 Å². The van der Waals surface area contributed by atoms with Crippen LogP contribution in [0, 0.1) is 0 Å². The molecule has 2 rings (SSSR count). The van der Waals surface area contributed by atoms with E-state index in [0.717, 1.165) is 24.4 Å². The third-order valence-corrected chi connectivity index (χ3v) is 3.94. The van der Waals surface area contributed by atoms with Crippen LogP contribution in [0.5, 0.6) is 0 Å². The van der Waals surface area contributed by atoms with E-state index in [2.05, 4.69) is 23.2 Å². The molecule has 0 aromatic heterocycles. The third-order valence-electron chi connectivity index (χ3n) is 2.90. The van der Waals surface area contributed by atoms with E-state index < -0.39 is 0 Å². The van der Waals surface area contributed by atoms with Gasteiger partial charge in [-0.25, -0.2) is 0 Å². The number of carbonyl (C=O) groups is 1. The van der Waals surface area contributed by atoms with Crippen molar-refractivity contribution in [3.8, 4) is 0 Å². The van der Waals surface area contributed by atoms with Gasteiger partial charge >= 0.3 is 0 Å². The van der Waals surface area contributed by atoms with Crippen LogP contribution in [0.1, 0.15) is 24.2 Å². The maximum Gasteiger partial charge on any atom is 0.251 e. The molecule has 0 bridgehead atoms. The summed E-state index contributed by atoms with van der Waals surface area (Å²) in [7, 11) is 0. The molecule has 0 radical (unpaired) electrons. The number of benzene rings is 1. The minimum absolute atomic E-state index is 0.0157. The molecule has 0 atom stereocenters. The molecule has 17 heavy (non-hydrogen) atoms. The summed E-state index contributed by atoms with van der Waals surface area (Å²) in [5, 5.41) is 2.84. The third kappa shape index (κ3) is 2.57. The molecule has 0 saturated carbocycles. The number of amides is 1. The van der Waals surface area contributed by atoms with Crippen LogP contribution in [0.4, 0.5) is 5.69 Å². The van der Waals surface area contributed by atoms with E-state index in [1.165, 1.54) is 10.6 Å². The summed E-state index contributed by atoms with van der Waals surface area (Å²) in [5.41, 5.74) is 1.96. The summed E-state index contributed by atoms with van der Waals surface area (Å²) in [4.78, 5) is 15.4. The fourth-order valence-electron chi connectivity index (χ4n) is 2.01. The van der Waals surface area contributed by atoms with Crippen molar-refractivity contribution >= 4 is 23.4 Å². The first-order chi connectivity index (χ1) is 8.26. The van der Waals surface area contributed by atoms with Gasteiger partial charge in [0.25, 0.3) is 5.91 Å². The van der Waals surface area contributed by atoms with Crippen molar-refractivity contribution in [3.63, 3.8) is 0 Å². The van der Waals surface area contributed by atoms with Crippen LogP contribution in [-0.4, -0.2) is 31.3 Å². The fraction of sp³-hybridized carbons (Fsp3) is 0.462. The zero-order valence-electron chi connectivity index (χ0n) is 10.3. The van der Waals surface area contributed by atoms with E-state index in [0.29, 0.717) is 6.54 Å². The second-order valence-electron chi connectivity index (χ2n) is 3.97. The highest BCUT2D eigenvalue weighted by atomic mass is 32.2. The molecular weight excluding hydrogens is 232 g/mol. The Morgan fingerprint density at radius 2 is 2.29 bits per heavy atom. The normalized spacial score (nSPS) is 14.4. The van der Waals surface area contributed by atoms with Crippen molar-refractivity contribution in [2.75, 3.05) is 30.3 Å². The van der Waals surface area contributed by atoms with Crippen LogP contribution in [0.2, 0.25) is 0 Å². The highest BCUT2D eigenvalue weighted by Crippen LogP contribution is 2.35. The summed E-state index contributed by atoms with van der Waals surface area (Å²) < 4.78 is 0. The topological polar surface area (TPSA) is 32.3 Å². The molecule has 1 amide bonds. The van der Waals surface area contributed by atoms with Gasteiger partial charge in [0.15, 0.2) is 0 Å². The Labute approximate surface area is 107 Å². The van der Waals surface area contributed by atoms with Gasteiger partial charge in [-0.3, -0.25) is 4.79 Å². The van der Waals surface area contributed by atoms with Crippen LogP contribution < -0.4 is 10.2 Å². The van der Waals surface area contributed by atoms with Gasteiger partial charge in [-0.15, -0.1) is 11.8 Å².